The molecule has 0 fully saturated rings. The van der Waals surface area contributed by atoms with Crippen molar-refractivity contribution in [3.8, 4) is 11.8 Å². The zero-order valence-electron chi connectivity index (χ0n) is 12.3. The van der Waals surface area contributed by atoms with Gasteiger partial charge in [-0.1, -0.05) is 54.3 Å². The van der Waals surface area contributed by atoms with Gasteiger partial charge in [-0.2, -0.15) is 0 Å². The van der Waals surface area contributed by atoms with Gasteiger partial charge in [-0.25, -0.2) is 0 Å². The molecule has 0 radical (unpaired) electrons. The van der Waals surface area contributed by atoms with E-state index >= 15 is 0 Å². The van der Waals surface area contributed by atoms with Gasteiger partial charge in [0.15, 0.2) is 0 Å². The van der Waals surface area contributed by atoms with Crippen LogP contribution in [0.4, 0.5) is 0 Å². The predicted octanol–water partition coefficient (Wildman–Crippen LogP) is 3.70. The summed E-state index contributed by atoms with van der Waals surface area (Å²) in [4.78, 5) is 0. The van der Waals surface area contributed by atoms with Crippen LogP contribution < -0.4 is 0 Å². The Hall–Kier alpha value is -2.08. The molecule has 0 aromatic heterocycles. The molecule has 0 bridgehead atoms. The molecule has 1 N–H and O–H groups in total. The average Bonchev–Trinajstić information content (AvgIpc) is 2.52. The van der Waals surface area contributed by atoms with Crippen LogP contribution in [-0.2, 0) is 11.3 Å². The first-order chi connectivity index (χ1) is 10.3. The van der Waals surface area contributed by atoms with Crippen molar-refractivity contribution in [2.45, 2.75) is 26.1 Å². The molecular weight excluding hydrogens is 260 g/mol. The first-order valence-electron chi connectivity index (χ1n) is 7.14. The lowest BCUT2D eigenvalue weighted by Crippen LogP contribution is -1.94. The van der Waals surface area contributed by atoms with Gasteiger partial charge in [0.05, 0.1) is 19.3 Å². The number of hydrogen-bond donors (Lipinski definition) is 1. The van der Waals surface area contributed by atoms with Crippen LogP contribution in [0.15, 0.2) is 54.6 Å². The van der Waals surface area contributed by atoms with E-state index in [-0.39, 0.29) is 0 Å². The van der Waals surface area contributed by atoms with Gasteiger partial charge >= 0.3 is 0 Å². The van der Waals surface area contributed by atoms with Crippen LogP contribution in [0.1, 0.15) is 36.1 Å². The molecule has 2 heteroatoms. The van der Waals surface area contributed by atoms with Crippen molar-refractivity contribution >= 4 is 0 Å². The maximum atomic E-state index is 9.43. The second kappa shape index (κ2) is 8.26. The Morgan fingerprint density at radius 3 is 2.43 bits per heavy atom. The third-order valence-electron chi connectivity index (χ3n) is 3.11. The minimum atomic E-state index is -0.432. The largest absolute Gasteiger partial charge is 0.389 e. The standard InChI is InChI=1S/C19H20O2/c1-16(20)19-12-10-17(11-13-19)7-5-6-14-21-15-18-8-3-2-4-9-18/h2-4,8-13,16,20H,6,14-15H2,1H3. The van der Waals surface area contributed by atoms with Crippen molar-refractivity contribution in [2.75, 3.05) is 6.61 Å². The quantitative estimate of drug-likeness (QED) is 0.668. The van der Waals surface area contributed by atoms with E-state index in [4.69, 9.17) is 4.74 Å². The van der Waals surface area contributed by atoms with E-state index in [0.29, 0.717) is 19.6 Å². The van der Waals surface area contributed by atoms with Crippen LogP contribution in [0.2, 0.25) is 0 Å². The molecule has 21 heavy (non-hydrogen) atoms. The number of aliphatic hydroxyl groups excluding tert-OH is 1. The number of hydrogen-bond acceptors (Lipinski definition) is 2. The Morgan fingerprint density at radius 2 is 1.76 bits per heavy atom. The Labute approximate surface area is 126 Å². The molecule has 0 heterocycles. The van der Waals surface area contributed by atoms with Crippen molar-refractivity contribution in [1.29, 1.82) is 0 Å². The monoisotopic (exact) mass is 280 g/mol. The zero-order chi connectivity index (χ0) is 14.9. The molecule has 1 atom stereocenters. The highest BCUT2D eigenvalue weighted by Crippen LogP contribution is 2.12. The van der Waals surface area contributed by atoms with Gasteiger partial charge in [0.25, 0.3) is 0 Å². The maximum absolute atomic E-state index is 9.43. The lowest BCUT2D eigenvalue weighted by atomic mass is 10.1. The van der Waals surface area contributed by atoms with Gasteiger partial charge in [0.1, 0.15) is 0 Å². The van der Waals surface area contributed by atoms with Crippen LogP contribution in [0, 0.1) is 11.8 Å². The second-order valence-electron chi connectivity index (χ2n) is 4.89. The van der Waals surface area contributed by atoms with E-state index in [1.807, 2.05) is 42.5 Å². The van der Waals surface area contributed by atoms with E-state index in [1.54, 1.807) is 6.92 Å². The van der Waals surface area contributed by atoms with Crippen molar-refractivity contribution < 1.29 is 9.84 Å². The third-order valence-corrected chi connectivity index (χ3v) is 3.11. The fourth-order valence-electron chi connectivity index (χ4n) is 1.90. The molecule has 0 amide bonds. The number of benzene rings is 2. The Morgan fingerprint density at radius 1 is 1.05 bits per heavy atom. The van der Waals surface area contributed by atoms with Crippen molar-refractivity contribution in [3.63, 3.8) is 0 Å². The first-order valence-corrected chi connectivity index (χ1v) is 7.14. The molecular formula is C19H20O2. The molecule has 108 valence electrons. The fourth-order valence-corrected chi connectivity index (χ4v) is 1.90. The number of aliphatic hydroxyl groups is 1. The van der Waals surface area contributed by atoms with Gasteiger partial charge < -0.3 is 9.84 Å². The molecule has 1 unspecified atom stereocenters. The molecule has 2 rings (SSSR count). The van der Waals surface area contributed by atoms with E-state index in [0.717, 1.165) is 11.1 Å². The molecule has 0 aliphatic rings. The van der Waals surface area contributed by atoms with E-state index < -0.39 is 6.10 Å². The van der Waals surface area contributed by atoms with Gasteiger partial charge in [-0.05, 0) is 30.2 Å². The highest BCUT2D eigenvalue weighted by Gasteiger charge is 1.98. The highest BCUT2D eigenvalue weighted by molar-refractivity contribution is 5.36. The Kier molecular flexibility index (Phi) is 6.02. The van der Waals surface area contributed by atoms with Crippen LogP contribution in [0.5, 0.6) is 0 Å². The van der Waals surface area contributed by atoms with Crippen molar-refractivity contribution in [2.24, 2.45) is 0 Å². The van der Waals surface area contributed by atoms with Gasteiger partial charge in [0.2, 0.25) is 0 Å². The number of rotatable bonds is 5. The van der Waals surface area contributed by atoms with Crippen LogP contribution in [-0.4, -0.2) is 11.7 Å². The maximum Gasteiger partial charge on any atom is 0.0761 e. The summed E-state index contributed by atoms with van der Waals surface area (Å²) in [6, 6.07) is 17.8. The average molecular weight is 280 g/mol. The van der Waals surface area contributed by atoms with Crippen molar-refractivity contribution in [3.05, 3.63) is 71.3 Å². The second-order valence-corrected chi connectivity index (χ2v) is 4.89. The highest BCUT2D eigenvalue weighted by atomic mass is 16.5. The van der Waals surface area contributed by atoms with E-state index in [1.165, 1.54) is 5.56 Å². The minimum Gasteiger partial charge on any atom is -0.389 e. The molecule has 2 aromatic carbocycles. The van der Waals surface area contributed by atoms with Gasteiger partial charge in [-0.3, -0.25) is 0 Å². The third kappa shape index (κ3) is 5.43. The van der Waals surface area contributed by atoms with Crippen LogP contribution >= 0.6 is 0 Å². The zero-order valence-corrected chi connectivity index (χ0v) is 12.3. The summed E-state index contributed by atoms with van der Waals surface area (Å²) in [5.74, 6) is 6.20. The lowest BCUT2D eigenvalue weighted by molar-refractivity contribution is 0.126. The Bertz CT molecular complexity index is 589. The van der Waals surface area contributed by atoms with Crippen LogP contribution in [0.3, 0.4) is 0 Å². The molecule has 0 aliphatic heterocycles. The van der Waals surface area contributed by atoms with Gasteiger partial charge in [-0.15, -0.1) is 0 Å². The molecule has 0 aliphatic carbocycles. The Balaban J connectivity index is 1.71. The summed E-state index contributed by atoms with van der Waals surface area (Å²) in [7, 11) is 0. The summed E-state index contributed by atoms with van der Waals surface area (Å²) in [6.07, 6.45) is 0.281. The normalized spacial score (nSPS) is 11.5. The SMILES string of the molecule is CC(O)c1ccc(C#CCCOCc2ccccc2)cc1. The van der Waals surface area contributed by atoms with Crippen molar-refractivity contribution in [1.82, 2.24) is 0 Å². The van der Waals surface area contributed by atoms with Gasteiger partial charge in [0, 0.05) is 12.0 Å². The topological polar surface area (TPSA) is 29.5 Å². The molecule has 0 saturated carbocycles. The predicted molar refractivity (Wildman–Crippen MR) is 84.7 cm³/mol. The number of ether oxygens (including phenoxy) is 1. The first kappa shape index (κ1) is 15.3. The molecule has 2 aromatic rings. The molecule has 0 spiro atoms. The smallest absolute Gasteiger partial charge is 0.0761 e. The summed E-state index contributed by atoms with van der Waals surface area (Å²) in [6.45, 7) is 3.02. The summed E-state index contributed by atoms with van der Waals surface area (Å²) < 4.78 is 5.57. The summed E-state index contributed by atoms with van der Waals surface area (Å²) >= 11 is 0. The summed E-state index contributed by atoms with van der Waals surface area (Å²) in [5, 5.41) is 9.43. The van der Waals surface area contributed by atoms with Crippen LogP contribution in [0.25, 0.3) is 0 Å². The molecule has 2 nitrogen and oxygen atoms in total. The fraction of sp³-hybridized carbons (Fsp3) is 0.263. The molecule has 0 saturated heterocycles. The summed E-state index contributed by atoms with van der Waals surface area (Å²) in [5.41, 5.74) is 3.05. The van der Waals surface area contributed by atoms with E-state index in [9.17, 15) is 5.11 Å². The lowest BCUT2D eigenvalue weighted by Gasteiger charge is -2.03. The van der Waals surface area contributed by atoms with E-state index in [2.05, 4.69) is 24.0 Å². The minimum absolute atomic E-state index is 0.432.